The molecule has 0 aliphatic carbocycles. The van der Waals surface area contributed by atoms with Gasteiger partial charge in [0.2, 0.25) is 5.91 Å². The molecule has 5 heteroatoms. The van der Waals surface area contributed by atoms with E-state index in [9.17, 15) is 9.90 Å². The van der Waals surface area contributed by atoms with Gasteiger partial charge in [-0.05, 0) is 61.9 Å². The fourth-order valence-electron chi connectivity index (χ4n) is 5.02. The molecule has 4 rings (SSSR count). The Morgan fingerprint density at radius 2 is 1.79 bits per heavy atom. The van der Waals surface area contributed by atoms with Crippen LogP contribution in [0, 0.1) is 0 Å². The quantitative estimate of drug-likeness (QED) is 0.443. The second kappa shape index (κ2) is 10.2. The number of nitrogens with zero attached hydrogens (tertiary/aromatic N) is 1. The van der Waals surface area contributed by atoms with E-state index in [0.717, 1.165) is 24.9 Å². The first-order valence-electron chi connectivity index (χ1n) is 11.8. The molecule has 0 spiro atoms. The minimum atomic E-state index is -0.182. The summed E-state index contributed by atoms with van der Waals surface area (Å²) >= 11 is 1.73. The van der Waals surface area contributed by atoms with Crippen LogP contribution in [0.5, 0.6) is 0 Å². The summed E-state index contributed by atoms with van der Waals surface area (Å²) in [7, 11) is 0. The van der Waals surface area contributed by atoms with Crippen LogP contribution in [0.2, 0.25) is 0 Å². The molecule has 1 unspecified atom stereocenters. The van der Waals surface area contributed by atoms with Crippen molar-refractivity contribution in [2.24, 2.45) is 5.73 Å². The fraction of sp³-hybridized carbons (Fsp3) is 0.393. The first kappa shape index (κ1) is 23.7. The van der Waals surface area contributed by atoms with Gasteiger partial charge in [-0.15, -0.1) is 11.3 Å². The molecule has 174 valence electrons. The number of carbonyl (C=O) groups excluding carboxylic acids is 1. The summed E-state index contributed by atoms with van der Waals surface area (Å²) in [5, 5.41) is 9.45. The number of thiophene rings is 1. The summed E-state index contributed by atoms with van der Waals surface area (Å²) in [5.74, 6) is 0.194. The Morgan fingerprint density at radius 3 is 2.39 bits per heavy atom. The minimum absolute atomic E-state index is 0.0288. The van der Waals surface area contributed by atoms with Gasteiger partial charge in [0, 0.05) is 40.8 Å². The first-order valence-corrected chi connectivity index (χ1v) is 12.7. The monoisotopic (exact) mass is 462 g/mol. The standard InChI is InChI=1S/C28H34N2O2S/c1-20(29)25-13-14-26(33-25)23-11-9-22(10-12-23)21(2)30-17-16-28(15-6-18-31,19-27(30)32)24-7-4-3-5-8-24/h3-5,7-14,20-21,31H,6,15-19,29H2,1-2H3/t20?,21-,28-/m0/s1. The first-order chi connectivity index (χ1) is 15.9. The number of hydrogen-bond acceptors (Lipinski definition) is 4. The third kappa shape index (κ3) is 5.06. The number of benzene rings is 2. The molecule has 0 bridgehead atoms. The van der Waals surface area contributed by atoms with E-state index in [1.54, 1.807) is 11.3 Å². The van der Waals surface area contributed by atoms with Crippen LogP contribution in [0.1, 0.15) is 67.6 Å². The van der Waals surface area contributed by atoms with Gasteiger partial charge < -0.3 is 15.7 Å². The van der Waals surface area contributed by atoms with Gasteiger partial charge in [-0.1, -0.05) is 54.6 Å². The zero-order valence-corrected chi connectivity index (χ0v) is 20.4. The van der Waals surface area contributed by atoms with Crippen molar-refractivity contribution in [3.8, 4) is 10.4 Å². The molecular weight excluding hydrogens is 428 g/mol. The Morgan fingerprint density at radius 1 is 1.06 bits per heavy atom. The van der Waals surface area contributed by atoms with Crippen molar-refractivity contribution in [1.29, 1.82) is 0 Å². The molecule has 33 heavy (non-hydrogen) atoms. The molecular formula is C28H34N2O2S. The van der Waals surface area contributed by atoms with Crippen LogP contribution in [0.4, 0.5) is 0 Å². The number of likely N-dealkylation sites (tertiary alicyclic amines) is 1. The van der Waals surface area contributed by atoms with E-state index in [0.29, 0.717) is 12.8 Å². The molecule has 0 radical (unpaired) electrons. The van der Waals surface area contributed by atoms with E-state index >= 15 is 0 Å². The van der Waals surface area contributed by atoms with E-state index in [2.05, 4.69) is 55.5 Å². The number of rotatable bonds is 8. The fourth-order valence-corrected chi connectivity index (χ4v) is 5.99. The van der Waals surface area contributed by atoms with Crippen LogP contribution in [0.25, 0.3) is 10.4 Å². The predicted molar refractivity (Wildman–Crippen MR) is 136 cm³/mol. The van der Waals surface area contributed by atoms with Crippen molar-refractivity contribution in [2.45, 2.75) is 57.0 Å². The zero-order chi connectivity index (χ0) is 23.4. The van der Waals surface area contributed by atoms with Gasteiger partial charge in [0.25, 0.3) is 0 Å². The Balaban J connectivity index is 1.49. The molecule has 1 fully saturated rings. The normalized spacial score (nSPS) is 20.6. The third-order valence-electron chi connectivity index (χ3n) is 7.06. The molecule has 3 atom stereocenters. The number of nitrogens with two attached hydrogens (primary N) is 1. The Kier molecular flexibility index (Phi) is 7.32. The highest BCUT2D eigenvalue weighted by molar-refractivity contribution is 7.15. The summed E-state index contributed by atoms with van der Waals surface area (Å²) in [6.07, 6.45) is 2.96. The molecule has 1 saturated heterocycles. The lowest BCUT2D eigenvalue weighted by Gasteiger charge is -2.44. The molecule has 1 amide bonds. The van der Waals surface area contributed by atoms with E-state index in [1.165, 1.54) is 20.9 Å². The highest BCUT2D eigenvalue weighted by Gasteiger charge is 2.41. The third-order valence-corrected chi connectivity index (χ3v) is 8.40. The number of hydrogen-bond donors (Lipinski definition) is 2. The molecule has 3 aromatic rings. The summed E-state index contributed by atoms with van der Waals surface area (Å²) < 4.78 is 0. The Labute approximate surface area is 201 Å². The smallest absolute Gasteiger partial charge is 0.223 e. The molecule has 0 saturated carbocycles. The van der Waals surface area contributed by atoms with Gasteiger partial charge in [-0.2, -0.15) is 0 Å². The van der Waals surface area contributed by atoms with E-state index in [1.807, 2.05) is 30.0 Å². The van der Waals surface area contributed by atoms with Crippen LogP contribution < -0.4 is 5.73 Å². The number of carbonyl (C=O) groups is 1. The van der Waals surface area contributed by atoms with Crippen molar-refractivity contribution in [3.05, 3.63) is 82.7 Å². The topological polar surface area (TPSA) is 66.6 Å². The Bertz CT molecular complexity index is 1060. The molecule has 2 aromatic carbocycles. The summed E-state index contributed by atoms with van der Waals surface area (Å²) in [6, 6.07) is 23.2. The molecule has 2 heterocycles. The molecule has 1 aromatic heterocycles. The average molecular weight is 463 g/mol. The average Bonchev–Trinajstić information content (AvgIpc) is 3.34. The van der Waals surface area contributed by atoms with E-state index < -0.39 is 0 Å². The minimum Gasteiger partial charge on any atom is -0.396 e. The molecule has 1 aliphatic heterocycles. The van der Waals surface area contributed by atoms with E-state index in [-0.39, 0.29) is 30.0 Å². The second-order valence-corrected chi connectivity index (χ2v) is 10.4. The summed E-state index contributed by atoms with van der Waals surface area (Å²) in [6.45, 7) is 5.01. The maximum atomic E-state index is 13.4. The van der Waals surface area contributed by atoms with Crippen molar-refractivity contribution in [2.75, 3.05) is 13.2 Å². The number of aliphatic hydroxyl groups excluding tert-OH is 1. The SMILES string of the molecule is CC(N)c1ccc(-c2ccc([C@H](C)N3CC[C@](CCCO)(c4ccccc4)CC3=O)cc2)s1. The number of amides is 1. The van der Waals surface area contributed by atoms with Gasteiger partial charge in [0.05, 0.1) is 6.04 Å². The van der Waals surface area contributed by atoms with Crippen LogP contribution in [-0.2, 0) is 10.2 Å². The molecule has 4 nitrogen and oxygen atoms in total. The van der Waals surface area contributed by atoms with E-state index in [4.69, 9.17) is 5.73 Å². The Hall–Kier alpha value is -2.47. The van der Waals surface area contributed by atoms with Crippen LogP contribution >= 0.6 is 11.3 Å². The van der Waals surface area contributed by atoms with Gasteiger partial charge in [0.1, 0.15) is 0 Å². The largest absolute Gasteiger partial charge is 0.396 e. The maximum absolute atomic E-state index is 13.4. The van der Waals surface area contributed by atoms with Crippen molar-refractivity contribution >= 4 is 17.2 Å². The van der Waals surface area contributed by atoms with Gasteiger partial charge in [-0.3, -0.25) is 4.79 Å². The lowest BCUT2D eigenvalue weighted by Crippen LogP contribution is -2.47. The van der Waals surface area contributed by atoms with Crippen molar-refractivity contribution < 1.29 is 9.90 Å². The second-order valence-electron chi connectivity index (χ2n) is 9.28. The van der Waals surface area contributed by atoms with Crippen molar-refractivity contribution in [3.63, 3.8) is 0 Å². The lowest BCUT2D eigenvalue weighted by molar-refractivity contribution is -0.138. The number of piperidine rings is 1. The highest BCUT2D eigenvalue weighted by atomic mass is 32.1. The summed E-state index contributed by atoms with van der Waals surface area (Å²) in [5.41, 5.74) is 9.37. The van der Waals surface area contributed by atoms with Gasteiger partial charge in [-0.25, -0.2) is 0 Å². The van der Waals surface area contributed by atoms with Crippen LogP contribution in [-0.4, -0.2) is 29.1 Å². The van der Waals surface area contributed by atoms with Gasteiger partial charge in [0.15, 0.2) is 0 Å². The van der Waals surface area contributed by atoms with Crippen molar-refractivity contribution in [1.82, 2.24) is 4.90 Å². The molecule has 1 aliphatic rings. The predicted octanol–water partition coefficient (Wildman–Crippen LogP) is 5.83. The van der Waals surface area contributed by atoms with Crippen LogP contribution in [0.15, 0.2) is 66.7 Å². The van der Waals surface area contributed by atoms with Crippen LogP contribution in [0.3, 0.4) is 0 Å². The lowest BCUT2D eigenvalue weighted by atomic mass is 9.69. The summed E-state index contributed by atoms with van der Waals surface area (Å²) in [4.78, 5) is 17.8. The number of aliphatic hydroxyl groups is 1. The highest BCUT2D eigenvalue weighted by Crippen LogP contribution is 2.42. The van der Waals surface area contributed by atoms with Gasteiger partial charge >= 0.3 is 0 Å². The zero-order valence-electron chi connectivity index (χ0n) is 19.5. The maximum Gasteiger partial charge on any atom is 0.223 e. The molecule has 3 N–H and O–H groups in total.